The molecule has 1 aliphatic rings. The van der Waals surface area contributed by atoms with Crippen molar-refractivity contribution in [3.05, 3.63) is 20.8 Å². The van der Waals surface area contributed by atoms with Crippen LogP contribution >= 0.6 is 27.3 Å². The van der Waals surface area contributed by atoms with E-state index in [2.05, 4.69) is 27.4 Å². The zero-order valence-corrected chi connectivity index (χ0v) is 9.90. The fourth-order valence-corrected chi connectivity index (χ4v) is 3.31. The van der Waals surface area contributed by atoms with Gasteiger partial charge in [0, 0.05) is 15.4 Å². The van der Waals surface area contributed by atoms with Crippen LogP contribution in [0.5, 0.6) is 0 Å². The summed E-state index contributed by atoms with van der Waals surface area (Å²) in [6.45, 7) is 0. The van der Waals surface area contributed by atoms with E-state index in [4.69, 9.17) is 5.73 Å². The van der Waals surface area contributed by atoms with E-state index in [1.54, 1.807) is 11.3 Å². The number of hydrogen-bond acceptors (Lipinski definition) is 2. The van der Waals surface area contributed by atoms with E-state index in [0.717, 1.165) is 12.3 Å². The monoisotopic (exact) mass is 259 g/mol. The summed E-state index contributed by atoms with van der Waals surface area (Å²) >= 11 is 5.34. The fraction of sp³-hybridized carbons (Fsp3) is 0.600. The quantitative estimate of drug-likeness (QED) is 0.887. The maximum Gasteiger partial charge on any atom is 0.0314 e. The van der Waals surface area contributed by atoms with E-state index < -0.39 is 0 Å². The molecule has 0 aliphatic heterocycles. The van der Waals surface area contributed by atoms with Crippen molar-refractivity contribution in [2.45, 2.75) is 31.7 Å². The molecule has 1 nitrogen and oxygen atoms in total. The van der Waals surface area contributed by atoms with Crippen molar-refractivity contribution in [2.75, 3.05) is 0 Å². The molecule has 1 aromatic rings. The third kappa shape index (κ3) is 2.14. The topological polar surface area (TPSA) is 26.0 Å². The molecule has 1 saturated carbocycles. The van der Waals surface area contributed by atoms with Gasteiger partial charge in [0.25, 0.3) is 0 Å². The molecule has 3 heteroatoms. The largest absolute Gasteiger partial charge is 0.327 e. The van der Waals surface area contributed by atoms with Crippen LogP contribution in [0.15, 0.2) is 15.9 Å². The first-order valence-corrected chi connectivity index (χ1v) is 6.42. The highest BCUT2D eigenvalue weighted by atomic mass is 79.9. The van der Waals surface area contributed by atoms with Gasteiger partial charge in [-0.2, -0.15) is 0 Å². The van der Waals surface area contributed by atoms with Gasteiger partial charge < -0.3 is 5.73 Å². The lowest BCUT2D eigenvalue weighted by atomic mass is 9.79. The summed E-state index contributed by atoms with van der Waals surface area (Å²) in [7, 11) is 0. The summed E-state index contributed by atoms with van der Waals surface area (Å²) in [6.07, 6.45) is 5.10. The van der Waals surface area contributed by atoms with Crippen LogP contribution in [-0.2, 0) is 6.42 Å². The van der Waals surface area contributed by atoms with Gasteiger partial charge in [-0.25, -0.2) is 0 Å². The highest BCUT2D eigenvalue weighted by Gasteiger charge is 2.24. The smallest absolute Gasteiger partial charge is 0.0314 e. The summed E-state index contributed by atoms with van der Waals surface area (Å²) < 4.78 is 1.23. The van der Waals surface area contributed by atoms with Crippen LogP contribution in [0.3, 0.4) is 0 Å². The summed E-state index contributed by atoms with van der Waals surface area (Å²) in [5.74, 6) is 0.786. The molecule has 2 rings (SSSR count). The Labute approximate surface area is 91.5 Å². The number of rotatable bonds is 3. The van der Waals surface area contributed by atoms with Crippen molar-refractivity contribution in [3.63, 3.8) is 0 Å². The fourth-order valence-electron chi connectivity index (χ4n) is 1.72. The molecular weight excluding hydrogens is 246 g/mol. The Bertz CT molecular complexity index is 280. The van der Waals surface area contributed by atoms with Crippen LogP contribution in [0.4, 0.5) is 0 Å². The molecule has 1 aromatic heterocycles. The second kappa shape index (κ2) is 4.11. The lowest BCUT2D eigenvalue weighted by Crippen LogP contribution is -2.36. The molecule has 0 aromatic carbocycles. The minimum absolute atomic E-state index is 0.378. The predicted octanol–water partition coefficient (Wildman–Crippen LogP) is 3.18. The lowest BCUT2D eigenvalue weighted by molar-refractivity contribution is 0.261. The van der Waals surface area contributed by atoms with Crippen LogP contribution in [0.1, 0.15) is 24.1 Å². The second-order valence-corrected chi connectivity index (χ2v) is 5.61. The highest BCUT2D eigenvalue weighted by molar-refractivity contribution is 9.10. The van der Waals surface area contributed by atoms with Crippen LogP contribution in [0.25, 0.3) is 0 Å². The van der Waals surface area contributed by atoms with Crippen LogP contribution in [-0.4, -0.2) is 6.04 Å². The number of thiophene rings is 1. The van der Waals surface area contributed by atoms with Crippen molar-refractivity contribution in [3.8, 4) is 0 Å². The van der Waals surface area contributed by atoms with Crippen molar-refractivity contribution in [1.82, 2.24) is 0 Å². The first-order valence-electron chi connectivity index (χ1n) is 4.75. The molecule has 72 valence electrons. The van der Waals surface area contributed by atoms with Crippen LogP contribution in [0.2, 0.25) is 0 Å². The van der Waals surface area contributed by atoms with E-state index in [9.17, 15) is 0 Å². The van der Waals surface area contributed by atoms with Gasteiger partial charge in [-0.05, 0) is 52.6 Å². The van der Waals surface area contributed by atoms with Gasteiger partial charge in [-0.3, -0.25) is 0 Å². The zero-order chi connectivity index (χ0) is 9.26. The molecule has 1 fully saturated rings. The minimum atomic E-state index is 0.378. The van der Waals surface area contributed by atoms with Gasteiger partial charge in [0.15, 0.2) is 0 Å². The lowest BCUT2D eigenvalue weighted by Gasteiger charge is -2.31. The van der Waals surface area contributed by atoms with Gasteiger partial charge in [-0.1, -0.05) is 6.42 Å². The number of nitrogens with two attached hydrogens (primary N) is 1. The van der Waals surface area contributed by atoms with Gasteiger partial charge in [0.05, 0.1) is 0 Å². The summed E-state index contributed by atoms with van der Waals surface area (Å²) in [6, 6.07) is 2.48. The van der Waals surface area contributed by atoms with Crippen molar-refractivity contribution in [1.29, 1.82) is 0 Å². The molecule has 1 aliphatic carbocycles. The molecule has 0 radical (unpaired) electrons. The van der Waals surface area contributed by atoms with E-state index >= 15 is 0 Å². The molecule has 0 saturated heterocycles. The van der Waals surface area contributed by atoms with E-state index in [1.807, 2.05) is 0 Å². The molecule has 0 amide bonds. The summed E-state index contributed by atoms with van der Waals surface area (Å²) in [5, 5.41) is 2.12. The Morgan fingerprint density at radius 1 is 1.62 bits per heavy atom. The number of halogens is 1. The van der Waals surface area contributed by atoms with Gasteiger partial charge >= 0.3 is 0 Å². The molecule has 1 heterocycles. The molecular formula is C10H14BrNS. The zero-order valence-electron chi connectivity index (χ0n) is 7.50. The Balaban J connectivity index is 1.93. The minimum Gasteiger partial charge on any atom is -0.327 e. The van der Waals surface area contributed by atoms with E-state index in [1.165, 1.54) is 28.6 Å². The third-order valence-electron chi connectivity index (χ3n) is 2.87. The van der Waals surface area contributed by atoms with Crippen LogP contribution < -0.4 is 5.73 Å². The number of hydrogen-bond donors (Lipinski definition) is 1. The molecule has 13 heavy (non-hydrogen) atoms. The standard InChI is InChI=1S/C10H14BrNS/c11-8-4-5-13-10(8)6-9(12)7-2-1-3-7/h4-5,7,9H,1-3,6,12H2. The summed E-state index contributed by atoms with van der Waals surface area (Å²) in [5.41, 5.74) is 6.12. The van der Waals surface area contributed by atoms with Gasteiger partial charge in [-0.15, -0.1) is 11.3 Å². The Morgan fingerprint density at radius 3 is 2.85 bits per heavy atom. The predicted molar refractivity (Wildman–Crippen MR) is 61.0 cm³/mol. The van der Waals surface area contributed by atoms with Crippen molar-refractivity contribution in [2.24, 2.45) is 11.7 Å². The second-order valence-electron chi connectivity index (χ2n) is 3.75. The van der Waals surface area contributed by atoms with E-state index in [0.29, 0.717) is 6.04 Å². The maximum atomic E-state index is 6.12. The van der Waals surface area contributed by atoms with Gasteiger partial charge in [0.2, 0.25) is 0 Å². The molecule has 0 spiro atoms. The molecule has 1 atom stereocenters. The maximum absolute atomic E-state index is 6.12. The normalized spacial score (nSPS) is 19.8. The van der Waals surface area contributed by atoms with Crippen molar-refractivity contribution < 1.29 is 0 Å². The van der Waals surface area contributed by atoms with Gasteiger partial charge in [0.1, 0.15) is 0 Å². The Kier molecular flexibility index (Phi) is 3.06. The SMILES string of the molecule is NC(Cc1sccc1Br)C1CCC1. The summed E-state index contributed by atoms with van der Waals surface area (Å²) in [4.78, 5) is 1.40. The highest BCUT2D eigenvalue weighted by Crippen LogP contribution is 2.32. The average Bonchev–Trinajstić information content (AvgIpc) is 2.32. The van der Waals surface area contributed by atoms with Crippen LogP contribution in [0, 0.1) is 5.92 Å². The van der Waals surface area contributed by atoms with Crippen molar-refractivity contribution >= 4 is 27.3 Å². The Hall–Kier alpha value is 0.140. The average molecular weight is 260 g/mol. The first kappa shape index (κ1) is 9.69. The first-order chi connectivity index (χ1) is 6.27. The molecule has 2 N–H and O–H groups in total. The van der Waals surface area contributed by atoms with E-state index in [-0.39, 0.29) is 0 Å². The molecule has 1 unspecified atom stereocenters. The molecule has 0 bridgehead atoms. The third-order valence-corrected chi connectivity index (χ3v) is 4.82. The Morgan fingerprint density at radius 2 is 2.38 bits per heavy atom.